The summed E-state index contributed by atoms with van der Waals surface area (Å²) in [4.78, 5) is 13.0. The van der Waals surface area contributed by atoms with E-state index in [0.717, 1.165) is 0 Å². The van der Waals surface area contributed by atoms with E-state index < -0.39 is 0 Å². The standard InChI is InChI=1S/C16H9Cl3N4O/c17-8-14-20-21-16-22(11-6-9(18)5-10(19)7-11)15(24)12-3-1-2-4-13(12)23(14)16/h1-7H,8H2. The van der Waals surface area contributed by atoms with Crippen molar-refractivity contribution in [1.82, 2.24) is 19.2 Å². The molecule has 0 saturated carbocycles. The molecule has 0 atom stereocenters. The van der Waals surface area contributed by atoms with E-state index >= 15 is 0 Å². The fourth-order valence-corrected chi connectivity index (χ4v) is 3.43. The number of rotatable bonds is 2. The molecule has 0 saturated heterocycles. The second kappa shape index (κ2) is 5.77. The van der Waals surface area contributed by atoms with Crippen LogP contribution in [0.25, 0.3) is 22.4 Å². The largest absolute Gasteiger partial charge is 0.268 e. The molecule has 0 fully saturated rings. The molecule has 2 aromatic carbocycles. The first-order valence-electron chi connectivity index (χ1n) is 7.00. The van der Waals surface area contributed by atoms with Gasteiger partial charge in [-0.05, 0) is 30.3 Å². The molecule has 24 heavy (non-hydrogen) atoms. The Morgan fingerprint density at radius 2 is 1.71 bits per heavy atom. The molecule has 0 unspecified atom stereocenters. The molecule has 0 spiro atoms. The van der Waals surface area contributed by atoms with E-state index in [2.05, 4.69) is 10.2 Å². The minimum absolute atomic E-state index is 0.166. The van der Waals surface area contributed by atoms with Crippen LogP contribution in [0.4, 0.5) is 0 Å². The van der Waals surface area contributed by atoms with Gasteiger partial charge in [-0.25, -0.2) is 4.57 Å². The lowest BCUT2D eigenvalue weighted by atomic mass is 10.2. The summed E-state index contributed by atoms with van der Waals surface area (Å²) < 4.78 is 3.20. The Hall–Kier alpha value is -2.08. The zero-order chi connectivity index (χ0) is 16.8. The van der Waals surface area contributed by atoms with Crippen LogP contribution in [-0.2, 0) is 5.88 Å². The van der Waals surface area contributed by atoms with Gasteiger partial charge in [-0.1, -0.05) is 35.3 Å². The predicted molar refractivity (Wildman–Crippen MR) is 95.7 cm³/mol. The summed E-state index contributed by atoms with van der Waals surface area (Å²) in [6.07, 6.45) is 0. The number of hydrogen-bond donors (Lipinski definition) is 0. The summed E-state index contributed by atoms with van der Waals surface area (Å²) in [5.41, 5.74) is 0.981. The van der Waals surface area contributed by atoms with Crippen molar-refractivity contribution in [3.05, 3.63) is 68.7 Å². The van der Waals surface area contributed by atoms with Crippen molar-refractivity contribution in [2.24, 2.45) is 0 Å². The fraction of sp³-hybridized carbons (Fsp3) is 0.0625. The van der Waals surface area contributed by atoms with Gasteiger partial charge in [0.25, 0.3) is 5.56 Å². The van der Waals surface area contributed by atoms with Crippen LogP contribution in [0.15, 0.2) is 47.3 Å². The summed E-state index contributed by atoms with van der Waals surface area (Å²) >= 11 is 18.2. The monoisotopic (exact) mass is 378 g/mol. The van der Waals surface area contributed by atoms with Crippen molar-refractivity contribution in [2.75, 3.05) is 0 Å². The Labute approximate surface area is 151 Å². The molecule has 0 N–H and O–H groups in total. The molecule has 0 amide bonds. The Kier molecular flexibility index (Phi) is 3.72. The highest BCUT2D eigenvalue weighted by molar-refractivity contribution is 6.34. The van der Waals surface area contributed by atoms with Crippen LogP contribution in [0, 0.1) is 0 Å². The summed E-state index contributed by atoms with van der Waals surface area (Å²) in [5, 5.41) is 9.60. The van der Waals surface area contributed by atoms with E-state index in [4.69, 9.17) is 34.8 Å². The number of halogens is 3. The minimum atomic E-state index is -0.232. The number of nitrogens with zero attached hydrogens (tertiary/aromatic N) is 4. The van der Waals surface area contributed by atoms with E-state index in [9.17, 15) is 4.79 Å². The minimum Gasteiger partial charge on any atom is -0.268 e. The van der Waals surface area contributed by atoms with Crippen LogP contribution in [0.2, 0.25) is 10.0 Å². The quantitative estimate of drug-likeness (QED) is 0.493. The second-order valence-corrected chi connectivity index (χ2v) is 6.31. The van der Waals surface area contributed by atoms with Gasteiger partial charge in [0, 0.05) is 10.0 Å². The molecule has 2 aromatic heterocycles. The number of benzene rings is 2. The predicted octanol–water partition coefficient (Wildman–Crippen LogP) is 4.08. The lowest BCUT2D eigenvalue weighted by Crippen LogP contribution is -2.22. The highest BCUT2D eigenvalue weighted by atomic mass is 35.5. The van der Waals surface area contributed by atoms with Gasteiger partial charge in [0.2, 0.25) is 5.78 Å². The van der Waals surface area contributed by atoms with Gasteiger partial charge in [0.1, 0.15) is 0 Å². The van der Waals surface area contributed by atoms with Gasteiger partial charge >= 0.3 is 0 Å². The third kappa shape index (κ3) is 2.28. The van der Waals surface area contributed by atoms with Crippen molar-refractivity contribution < 1.29 is 0 Å². The normalized spacial score (nSPS) is 11.5. The first-order valence-corrected chi connectivity index (χ1v) is 8.29. The van der Waals surface area contributed by atoms with Crippen LogP contribution in [-0.4, -0.2) is 19.2 Å². The molecular weight excluding hydrogens is 371 g/mol. The van der Waals surface area contributed by atoms with Gasteiger partial charge in [0.05, 0.1) is 22.5 Å². The summed E-state index contributed by atoms with van der Waals surface area (Å²) in [5.74, 6) is 1.07. The van der Waals surface area contributed by atoms with E-state index in [1.165, 1.54) is 4.57 Å². The number of para-hydroxylation sites is 1. The molecular formula is C16H9Cl3N4O. The Bertz CT molecular complexity index is 1130. The van der Waals surface area contributed by atoms with Gasteiger partial charge in [-0.3, -0.25) is 9.20 Å². The lowest BCUT2D eigenvalue weighted by Gasteiger charge is -2.11. The SMILES string of the molecule is O=c1c2ccccc2n2c(CCl)nnc2n1-c1cc(Cl)cc(Cl)c1. The zero-order valence-electron chi connectivity index (χ0n) is 12.1. The molecule has 0 bridgehead atoms. The van der Waals surface area contributed by atoms with E-state index in [1.54, 1.807) is 34.7 Å². The molecule has 5 nitrogen and oxygen atoms in total. The molecule has 0 aliphatic rings. The van der Waals surface area contributed by atoms with Crippen molar-refractivity contribution in [1.29, 1.82) is 0 Å². The van der Waals surface area contributed by atoms with Crippen molar-refractivity contribution in [3.63, 3.8) is 0 Å². The molecule has 0 aliphatic heterocycles. The van der Waals surface area contributed by atoms with Gasteiger partial charge in [0.15, 0.2) is 5.82 Å². The highest BCUT2D eigenvalue weighted by Crippen LogP contribution is 2.24. The number of hydrogen-bond acceptors (Lipinski definition) is 3. The maximum Gasteiger partial charge on any atom is 0.267 e. The first kappa shape index (κ1) is 15.4. The molecule has 0 radical (unpaired) electrons. The molecule has 120 valence electrons. The number of fused-ring (bicyclic) bond motifs is 3. The van der Waals surface area contributed by atoms with Crippen LogP contribution < -0.4 is 5.56 Å². The fourth-order valence-electron chi connectivity index (χ4n) is 2.75. The smallest absolute Gasteiger partial charge is 0.267 e. The summed E-state index contributed by atoms with van der Waals surface area (Å²) in [6.45, 7) is 0. The van der Waals surface area contributed by atoms with Crippen LogP contribution in [0.1, 0.15) is 5.82 Å². The molecule has 8 heteroatoms. The van der Waals surface area contributed by atoms with Crippen LogP contribution in [0.5, 0.6) is 0 Å². The van der Waals surface area contributed by atoms with E-state index in [0.29, 0.717) is 38.2 Å². The third-order valence-corrected chi connectivity index (χ3v) is 4.39. The number of alkyl halides is 1. The van der Waals surface area contributed by atoms with Gasteiger partial charge in [-0.15, -0.1) is 21.8 Å². The maximum atomic E-state index is 13.0. The highest BCUT2D eigenvalue weighted by Gasteiger charge is 2.17. The topological polar surface area (TPSA) is 52.2 Å². The van der Waals surface area contributed by atoms with Crippen LogP contribution in [0.3, 0.4) is 0 Å². The van der Waals surface area contributed by atoms with Crippen molar-refractivity contribution >= 4 is 51.5 Å². The van der Waals surface area contributed by atoms with E-state index in [1.807, 2.05) is 12.1 Å². The summed E-state index contributed by atoms with van der Waals surface area (Å²) in [6, 6.07) is 12.1. The lowest BCUT2D eigenvalue weighted by molar-refractivity contribution is 0.963. The summed E-state index contributed by atoms with van der Waals surface area (Å²) in [7, 11) is 0. The van der Waals surface area contributed by atoms with Crippen LogP contribution >= 0.6 is 34.8 Å². The first-order chi connectivity index (χ1) is 11.6. The second-order valence-electron chi connectivity index (χ2n) is 5.17. The average molecular weight is 380 g/mol. The Morgan fingerprint density at radius 3 is 2.42 bits per heavy atom. The molecule has 2 heterocycles. The Balaban J connectivity index is 2.24. The molecule has 4 rings (SSSR count). The Morgan fingerprint density at radius 1 is 1.00 bits per heavy atom. The van der Waals surface area contributed by atoms with Gasteiger partial charge < -0.3 is 0 Å². The average Bonchev–Trinajstić information content (AvgIpc) is 2.98. The van der Waals surface area contributed by atoms with Gasteiger partial charge in [-0.2, -0.15) is 0 Å². The van der Waals surface area contributed by atoms with E-state index in [-0.39, 0.29) is 11.4 Å². The molecule has 4 aromatic rings. The maximum absolute atomic E-state index is 13.0. The number of aromatic nitrogens is 4. The zero-order valence-corrected chi connectivity index (χ0v) is 14.3. The molecule has 0 aliphatic carbocycles. The third-order valence-electron chi connectivity index (χ3n) is 3.72. The van der Waals surface area contributed by atoms with Crippen molar-refractivity contribution in [3.8, 4) is 5.69 Å². The van der Waals surface area contributed by atoms with Crippen molar-refractivity contribution in [2.45, 2.75) is 5.88 Å².